The van der Waals surface area contributed by atoms with E-state index in [1.54, 1.807) is 7.11 Å². The van der Waals surface area contributed by atoms with Gasteiger partial charge in [0, 0.05) is 7.11 Å². The van der Waals surface area contributed by atoms with Gasteiger partial charge in [0.15, 0.2) is 5.82 Å². The molecule has 5 nitrogen and oxygen atoms in total. The van der Waals surface area contributed by atoms with Gasteiger partial charge in [-0.2, -0.15) is 4.98 Å². The molecule has 1 saturated heterocycles. The molecule has 1 atom stereocenters. The largest absolute Gasteiger partial charge is 0.374 e. The van der Waals surface area contributed by atoms with E-state index in [1.165, 1.54) is 18.4 Å². The summed E-state index contributed by atoms with van der Waals surface area (Å²) in [4.78, 5) is 6.79. The van der Waals surface area contributed by atoms with Crippen molar-refractivity contribution in [2.75, 3.05) is 20.2 Å². The minimum atomic E-state index is -0.124. The Balaban J connectivity index is 1.53. The molecule has 1 unspecified atom stereocenters. The molecular weight excluding hydrogens is 278 g/mol. The molecule has 5 heteroatoms. The third-order valence-corrected chi connectivity index (χ3v) is 4.42. The van der Waals surface area contributed by atoms with Gasteiger partial charge in [-0.15, -0.1) is 0 Å². The van der Waals surface area contributed by atoms with Crippen LogP contribution in [0.5, 0.6) is 0 Å². The van der Waals surface area contributed by atoms with E-state index in [9.17, 15) is 0 Å². The van der Waals surface area contributed by atoms with Gasteiger partial charge in [0.2, 0.25) is 5.89 Å². The van der Waals surface area contributed by atoms with Gasteiger partial charge < -0.3 is 9.26 Å². The molecule has 2 heterocycles. The maximum atomic E-state index is 5.32. The van der Waals surface area contributed by atoms with Crippen molar-refractivity contribution >= 4 is 0 Å². The van der Waals surface area contributed by atoms with E-state index in [-0.39, 0.29) is 6.10 Å². The van der Waals surface area contributed by atoms with Crippen LogP contribution in [0, 0.1) is 0 Å². The summed E-state index contributed by atoms with van der Waals surface area (Å²) in [6.45, 7) is 4.78. The standard InChI is InChI=1S/C17H23N3O2/c1-13(21-2)17-18-16(22-19-17)12-20-10-8-15(9-11-20)14-6-4-3-5-7-14/h3-7,13,15H,8-12H2,1-2H3. The highest BCUT2D eigenvalue weighted by atomic mass is 16.5. The molecule has 0 saturated carbocycles. The predicted octanol–water partition coefficient (Wildman–Crippen LogP) is 3.16. The third-order valence-electron chi connectivity index (χ3n) is 4.42. The zero-order valence-electron chi connectivity index (χ0n) is 13.2. The van der Waals surface area contributed by atoms with Crippen LogP contribution in [0.4, 0.5) is 0 Å². The number of piperidine rings is 1. The molecule has 1 aromatic carbocycles. The third kappa shape index (κ3) is 3.54. The van der Waals surface area contributed by atoms with Gasteiger partial charge in [-0.05, 0) is 44.3 Å². The second-order valence-corrected chi connectivity index (χ2v) is 5.89. The summed E-state index contributed by atoms with van der Waals surface area (Å²) in [6.07, 6.45) is 2.24. The van der Waals surface area contributed by atoms with Gasteiger partial charge in [0.25, 0.3) is 0 Å². The zero-order valence-corrected chi connectivity index (χ0v) is 13.2. The van der Waals surface area contributed by atoms with Crippen LogP contribution in [0.3, 0.4) is 0 Å². The molecule has 0 aliphatic carbocycles. The molecule has 0 bridgehead atoms. The van der Waals surface area contributed by atoms with Crippen LogP contribution in [0.2, 0.25) is 0 Å². The van der Waals surface area contributed by atoms with E-state index < -0.39 is 0 Å². The number of likely N-dealkylation sites (tertiary alicyclic amines) is 1. The molecule has 1 aromatic heterocycles. The van der Waals surface area contributed by atoms with Gasteiger partial charge in [-0.25, -0.2) is 0 Å². The van der Waals surface area contributed by atoms with Crippen molar-refractivity contribution in [1.82, 2.24) is 15.0 Å². The van der Waals surface area contributed by atoms with Gasteiger partial charge in [0.1, 0.15) is 6.10 Å². The van der Waals surface area contributed by atoms with Crippen LogP contribution in [0.1, 0.15) is 49.1 Å². The Morgan fingerprint density at radius 1 is 1.27 bits per heavy atom. The maximum absolute atomic E-state index is 5.32. The van der Waals surface area contributed by atoms with Crippen LogP contribution in [0.15, 0.2) is 34.9 Å². The molecule has 1 aliphatic heterocycles. The van der Waals surface area contributed by atoms with Gasteiger partial charge in [0.05, 0.1) is 6.54 Å². The van der Waals surface area contributed by atoms with Gasteiger partial charge in [-0.3, -0.25) is 4.90 Å². The average Bonchev–Trinajstić information content (AvgIpc) is 3.04. The van der Waals surface area contributed by atoms with E-state index >= 15 is 0 Å². The molecule has 1 fully saturated rings. The Kier molecular flexibility index (Phi) is 4.85. The van der Waals surface area contributed by atoms with Crippen molar-refractivity contribution in [3.63, 3.8) is 0 Å². The first kappa shape index (κ1) is 15.2. The van der Waals surface area contributed by atoms with Gasteiger partial charge >= 0.3 is 0 Å². The first-order valence-corrected chi connectivity index (χ1v) is 7.89. The average molecular weight is 301 g/mol. The monoisotopic (exact) mass is 301 g/mol. The summed E-state index contributed by atoms with van der Waals surface area (Å²) in [5.74, 6) is 1.97. The van der Waals surface area contributed by atoms with E-state index in [2.05, 4.69) is 45.4 Å². The van der Waals surface area contributed by atoms with Crippen LogP contribution < -0.4 is 0 Å². The first-order chi connectivity index (χ1) is 10.8. The molecule has 22 heavy (non-hydrogen) atoms. The highest BCUT2D eigenvalue weighted by molar-refractivity contribution is 5.20. The fourth-order valence-corrected chi connectivity index (χ4v) is 2.94. The Hall–Kier alpha value is -1.72. The first-order valence-electron chi connectivity index (χ1n) is 7.89. The van der Waals surface area contributed by atoms with Crippen molar-refractivity contribution in [3.8, 4) is 0 Å². The lowest BCUT2D eigenvalue weighted by atomic mass is 9.89. The number of aromatic nitrogens is 2. The summed E-state index contributed by atoms with van der Waals surface area (Å²) < 4.78 is 10.5. The van der Waals surface area contributed by atoms with E-state index in [0.717, 1.165) is 19.6 Å². The number of hydrogen-bond acceptors (Lipinski definition) is 5. The van der Waals surface area contributed by atoms with E-state index in [0.29, 0.717) is 17.6 Å². The Morgan fingerprint density at radius 2 is 2.00 bits per heavy atom. The minimum Gasteiger partial charge on any atom is -0.374 e. The zero-order chi connectivity index (χ0) is 15.4. The number of nitrogens with zero attached hydrogens (tertiary/aromatic N) is 3. The molecule has 0 spiro atoms. The number of benzene rings is 1. The lowest BCUT2D eigenvalue weighted by Crippen LogP contribution is -2.32. The van der Waals surface area contributed by atoms with Crippen molar-refractivity contribution < 1.29 is 9.26 Å². The molecule has 0 amide bonds. The summed E-state index contributed by atoms with van der Waals surface area (Å²) in [6, 6.07) is 10.8. The Labute approximate surface area is 131 Å². The number of rotatable bonds is 5. The molecule has 1 aliphatic rings. The number of methoxy groups -OCH3 is 1. The van der Waals surface area contributed by atoms with Crippen molar-refractivity contribution in [1.29, 1.82) is 0 Å². The molecule has 0 N–H and O–H groups in total. The van der Waals surface area contributed by atoms with Crippen molar-refractivity contribution in [2.24, 2.45) is 0 Å². The molecule has 3 rings (SSSR count). The summed E-state index contributed by atoms with van der Waals surface area (Å²) in [5, 5.41) is 3.98. The minimum absolute atomic E-state index is 0.124. The molecule has 0 radical (unpaired) electrons. The topological polar surface area (TPSA) is 51.4 Å². The quantitative estimate of drug-likeness (QED) is 0.849. The van der Waals surface area contributed by atoms with Crippen molar-refractivity contribution in [3.05, 3.63) is 47.6 Å². The van der Waals surface area contributed by atoms with E-state index in [1.807, 2.05) is 6.92 Å². The maximum Gasteiger partial charge on any atom is 0.240 e. The lowest BCUT2D eigenvalue weighted by molar-refractivity contribution is 0.109. The fourth-order valence-electron chi connectivity index (χ4n) is 2.94. The molecule has 118 valence electrons. The predicted molar refractivity (Wildman–Crippen MR) is 83.4 cm³/mol. The second-order valence-electron chi connectivity index (χ2n) is 5.89. The van der Waals surface area contributed by atoms with Crippen LogP contribution in [-0.2, 0) is 11.3 Å². The van der Waals surface area contributed by atoms with Gasteiger partial charge in [-0.1, -0.05) is 35.5 Å². The highest BCUT2D eigenvalue weighted by Crippen LogP contribution is 2.28. The summed E-state index contributed by atoms with van der Waals surface area (Å²) in [5.41, 5.74) is 1.45. The number of ether oxygens (including phenoxy) is 1. The SMILES string of the molecule is COC(C)c1noc(CN2CCC(c3ccccc3)CC2)n1. The smallest absolute Gasteiger partial charge is 0.240 e. The Bertz CT molecular complexity index is 577. The van der Waals surface area contributed by atoms with Crippen molar-refractivity contribution in [2.45, 2.75) is 38.3 Å². The van der Waals surface area contributed by atoms with E-state index in [4.69, 9.17) is 9.26 Å². The Morgan fingerprint density at radius 3 is 2.68 bits per heavy atom. The van der Waals surface area contributed by atoms with Crippen LogP contribution in [-0.4, -0.2) is 35.2 Å². The fraction of sp³-hybridized carbons (Fsp3) is 0.529. The van der Waals surface area contributed by atoms with Crippen LogP contribution >= 0.6 is 0 Å². The second kappa shape index (κ2) is 7.03. The normalized spacial score (nSPS) is 18.5. The lowest BCUT2D eigenvalue weighted by Gasteiger charge is -2.31. The summed E-state index contributed by atoms with van der Waals surface area (Å²) in [7, 11) is 1.65. The number of hydrogen-bond donors (Lipinski definition) is 0. The molecular formula is C17H23N3O2. The summed E-state index contributed by atoms with van der Waals surface area (Å²) >= 11 is 0. The highest BCUT2D eigenvalue weighted by Gasteiger charge is 2.22. The molecule has 2 aromatic rings. The van der Waals surface area contributed by atoms with Crippen LogP contribution in [0.25, 0.3) is 0 Å².